The summed E-state index contributed by atoms with van der Waals surface area (Å²) in [5.41, 5.74) is 2.18. The van der Waals surface area contributed by atoms with Crippen molar-refractivity contribution in [3.05, 3.63) is 29.8 Å². The van der Waals surface area contributed by atoms with Gasteiger partial charge in [-0.15, -0.1) is 0 Å². The lowest BCUT2D eigenvalue weighted by Gasteiger charge is -2.30. The molecule has 1 amide bonds. The summed E-state index contributed by atoms with van der Waals surface area (Å²) >= 11 is 0. The van der Waals surface area contributed by atoms with Crippen molar-refractivity contribution in [3.63, 3.8) is 0 Å². The number of amides is 1. The fraction of sp³-hybridized carbons (Fsp3) is 0.588. The minimum Gasteiger partial charge on any atom is -0.382 e. The van der Waals surface area contributed by atoms with Crippen LogP contribution < -0.4 is 5.32 Å². The number of ether oxygens (including phenoxy) is 1. The Labute approximate surface area is 127 Å². The normalized spacial score (nSPS) is 21.9. The lowest BCUT2D eigenvalue weighted by atomic mass is 10.0. The molecule has 1 aromatic rings. The van der Waals surface area contributed by atoms with E-state index in [2.05, 4.69) is 24.4 Å². The number of anilines is 1. The second kappa shape index (κ2) is 7.46. The number of rotatable bonds is 5. The number of nitrogens with zero attached hydrogens (tertiary/aromatic N) is 1. The molecule has 0 radical (unpaired) electrons. The first-order valence-electron chi connectivity index (χ1n) is 7.75. The Hall–Kier alpha value is -1.55. The monoisotopic (exact) mass is 290 g/mol. The fourth-order valence-corrected chi connectivity index (χ4v) is 2.58. The van der Waals surface area contributed by atoms with Crippen LogP contribution in [-0.2, 0) is 16.0 Å². The molecule has 0 spiro atoms. The summed E-state index contributed by atoms with van der Waals surface area (Å²) in [6, 6.07) is 8.67. The van der Waals surface area contributed by atoms with E-state index in [1.165, 1.54) is 0 Å². The number of carbonyl (C=O) groups excluding carboxylic acids is 1. The Balaban J connectivity index is 1.88. The molecule has 1 heterocycles. The van der Waals surface area contributed by atoms with Crippen LogP contribution in [0.25, 0.3) is 0 Å². The van der Waals surface area contributed by atoms with Gasteiger partial charge in [-0.1, -0.05) is 19.1 Å². The maximum absolute atomic E-state index is 11.7. The van der Waals surface area contributed by atoms with Crippen LogP contribution in [0.5, 0.6) is 0 Å². The van der Waals surface area contributed by atoms with Gasteiger partial charge in [-0.05, 0) is 37.0 Å². The molecule has 1 saturated heterocycles. The van der Waals surface area contributed by atoms with Crippen molar-refractivity contribution in [1.29, 1.82) is 0 Å². The molecule has 1 aliphatic heterocycles. The van der Waals surface area contributed by atoms with Gasteiger partial charge in [0.05, 0.1) is 12.5 Å². The average molecular weight is 290 g/mol. The third-order valence-electron chi connectivity index (χ3n) is 4.00. The largest absolute Gasteiger partial charge is 0.382 e. The topological polar surface area (TPSA) is 41.6 Å². The Morgan fingerprint density at radius 3 is 2.67 bits per heavy atom. The number of carbonyl (C=O) groups is 1. The van der Waals surface area contributed by atoms with Gasteiger partial charge in [0, 0.05) is 32.4 Å². The highest BCUT2D eigenvalue weighted by atomic mass is 16.5. The van der Waals surface area contributed by atoms with Crippen molar-refractivity contribution in [1.82, 2.24) is 4.90 Å². The van der Waals surface area contributed by atoms with E-state index in [9.17, 15) is 4.79 Å². The molecular weight excluding hydrogens is 264 g/mol. The lowest BCUT2D eigenvalue weighted by Crippen LogP contribution is -2.33. The van der Waals surface area contributed by atoms with Crippen molar-refractivity contribution in [2.45, 2.75) is 44.8 Å². The van der Waals surface area contributed by atoms with Crippen LogP contribution in [0.2, 0.25) is 0 Å². The standard InChI is InChI=1S/C17H26N2O2/c1-4-16-12-15(9-10-21-16)18-14-7-5-13(6-8-14)11-17(20)19(2)3/h5-8,15-16,18H,4,9-12H2,1-3H3. The summed E-state index contributed by atoms with van der Waals surface area (Å²) < 4.78 is 5.70. The predicted molar refractivity (Wildman–Crippen MR) is 85.5 cm³/mol. The van der Waals surface area contributed by atoms with E-state index >= 15 is 0 Å². The van der Waals surface area contributed by atoms with Crippen LogP contribution in [-0.4, -0.2) is 43.7 Å². The zero-order valence-electron chi connectivity index (χ0n) is 13.3. The Kier molecular flexibility index (Phi) is 5.62. The van der Waals surface area contributed by atoms with Gasteiger partial charge in [-0.25, -0.2) is 0 Å². The number of hydrogen-bond acceptors (Lipinski definition) is 3. The summed E-state index contributed by atoms with van der Waals surface area (Å²) in [4.78, 5) is 13.3. The molecule has 2 unspecified atom stereocenters. The highest BCUT2D eigenvalue weighted by Crippen LogP contribution is 2.21. The number of likely N-dealkylation sites (N-methyl/N-ethyl adjacent to an activating group) is 1. The molecule has 1 fully saturated rings. The second-order valence-electron chi connectivity index (χ2n) is 5.93. The summed E-state index contributed by atoms with van der Waals surface area (Å²) in [5.74, 6) is 0.130. The van der Waals surface area contributed by atoms with Crippen LogP contribution in [0.3, 0.4) is 0 Å². The average Bonchev–Trinajstić information content (AvgIpc) is 2.49. The van der Waals surface area contributed by atoms with E-state index in [1.54, 1.807) is 19.0 Å². The van der Waals surface area contributed by atoms with Gasteiger partial charge in [-0.2, -0.15) is 0 Å². The first kappa shape index (κ1) is 15.8. The third-order valence-corrected chi connectivity index (χ3v) is 4.00. The zero-order valence-corrected chi connectivity index (χ0v) is 13.3. The van der Waals surface area contributed by atoms with E-state index in [4.69, 9.17) is 4.74 Å². The fourth-order valence-electron chi connectivity index (χ4n) is 2.58. The van der Waals surface area contributed by atoms with E-state index < -0.39 is 0 Å². The summed E-state index contributed by atoms with van der Waals surface area (Å²) in [5, 5.41) is 3.57. The molecule has 4 nitrogen and oxygen atoms in total. The molecule has 2 atom stereocenters. The number of nitrogens with one attached hydrogen (secondary N) is 1. The molecule has 0 aliphatic carbocycles. The minimum atomic E-state index is 0.130. The van der Waals surface area contributed by atoms with Crippen LogP contribution in [0.4, 0.5) is 5.69 Å². The first-order valence-corrected chi connectivity index (χ1v) is 7.75. The SMILES string of the molecule is CCC1CC(Nc2ccc(CC(=O)N(C)C)cc2)CCO1. The zero-order chi connectivity index (χ0) is 15.2. The van der Waals surface area contributed by atoms with Crippen LogP contribution >= 0.6 is 0 Å². The molecule has 0 saturated carbocycles. The van der Waals surface area contributed by atoms with Gasteiger partial charge < -0.3 is 15.0 Å². The minimum absolute atomic E-state index is 0.130. The second-order valence-corrected chi connectivity index (χ2v) is 5.93. The summed E-state index contributed by atoms with van der Waals surface area (Å²) in [7, 11) is 3.57. The van der Waals surface area contributed by atoms with Crippen LogP contribution in [0, 0.1) is 0 Å². The summed E-state index contributed by atoms with van der Waals surface area (Å²) in [6.07, 6.45) is 4.04. The molecule has 21 heavy (non-hydrogen) atoms. The molecule has 1 aliphatic rings. The molecular formula is C17H26N2O2. The van der Waals surface area contributed by atoms with Crippen LogP contribution in [0.15, 0.2) is 24.3 Å². The maximum atomic E-state index is 11.7. The van der Waals surface area contributed by atoms with Gasteiger partial charge >= 0.3 is 0 Å². The Bertz CT molecular complexity index is 456. The van der Waals surface area contributed by atoms with Crippen molar-refractivity contribution in [2.24, 2.45) is 0 Å². The Morgan fingerprint density at radius 1 is 1.33 bits per heavy atom. The quantitative estimate of drug-likeness (QED) is 0.906. The van der Waals surface area contributed by atoms with Gasteiger partial charge in [0.2, 0.25) is 5.91 Å². The number of hydrogen-bond donors (Lipinski definition) is 1. The molecule has 0 bridgehead atoms. The van der Waals surface area contributed by atoms with E-state index in [0.717, 1.165) is 37.1 Å². The molecule has 1 aromatic carbocycles. The van der Waals surface area contributed by atoms with E-state index in [1.807, 2.05) is 12.1 Å². The van der Waals surface area contributed by atoms with Crippen molar-refractivity contribution < 1.29 is 9.53 Å². The van der Waals surface area contributed by atoms with Crippen LogP contribution in [0.1, 0.15) is 31.7 Å². The maximum Gasteiger partial charge on any atom is 0.226 e. The van der Waals surface area contributed by atoms with Crippen molar-refractivity contribution in [3.8, 4) is 0 Å². The van der Waals surface area contributed by atoms with Crippen molar-refractivity contribution in [2.75, 3.05) is 26.0 Å². The molecule has 116 valence electrons. The molecule has 4 heteroatoms. The van der Waals surface area contributed by atoms with Gasteiger partial charge in [-0.3, -0.25) is 4.79 Å². The number of benzene rings is 1. The summed E-state index contributed by atoms with van der Waals surface area (Å²) in [6.45, 7) is 3.01. The first-order chi connectivity index (χ1) is 10.1. The van der Waals surface area contributed by atoms with Crippen molar-refractivity contribution >= 4 is 11.6 Å². The van der Waals surface area contributed by atoms with E-state index in [0.29, 0.717) is 18.6 Å². The predicted octanol–water partition coefficient (Wildman–Crippen LogP) is 2.69. The lowest BCUT2D eigenvalue weighted by molar-refractivity contribution is -0.127. The van der Waals surface area contributed by atoms with Gasteiger partial charge in [0.15, 0.2) is 0 Å². The van der Waals surface area contributed by atoms with E-state index in [-0.39, 0.29) is 5.91 Å². The smallest absolute Gasteiger partial charge is 0.226 e. The highest BCUT2D eigenvalue weighted by molar-refractivity contribution is 5.78. The molecule has 0 aromatic heterocycles. The van der Waals surface area contributed by atoms with Gasteiger partial charge in [0.25, 0.3) is 0 Å². The molecule has 2 rings (SSSR count). The Morgan fingerprint density at radius 2 is 2.05 bits per heavy atom. The van der Waals surface area contributed by atoms with Gasteiger partial charge in [0.1, 0.15) is 0 Å². The highest BCUT2D eigenvalue weighted by Gasteiger charge is 2.20. The third kappa shape index (κ3) is 4.74. The molecule has 1 N–H and O–H groups in total.